The van der Waals surface area contributed by atoms with Crippen molar-refractivity contribution in [2.75, 3.05) is 24.5 Å². The van der Waals surface area contributed by atoms with Crippen molar-refractivity contribution in [2.45, 2.75) is 46.1 Å². The number of nitrogens with zero attached hydrogens (tertiary/aromatic N) is 3. The van der Waals surface area contributed by atoms with Gasteiger partial charge < -0.3 is 10.2 Å². The monoisotopic (exact) mass is 262 g/mol. The molecule has 0 radical (unpaired) electrons. The van der Waals surface area contributed by atoms with Crippen LogP contribution in [0.3, 0.4) is 0 Å². The van der Waals surface area contributed by atoms with Crippen LogP contribution in [-0.4, -0.2) is 35.6 Å². The normalized spacial score (nSPS) is 17.2. The van der Waals surface area contributed by atoms with E-state index < -0.39 is 0 Å². The van der Waals surface area contributed by atoms with Gasteiger partial charge >= 0.3 is 0 Å². The van der Waals surface area contributed by atoms with E-state index in [2.05, 4.69) is 47.0 Å². The summed E-state index contributed by atoms with van der Waals surface area (Å²) >= 11 is 0. The molecule has 1 aromatic heterocycles. The highest BCUT2D eigenvalue weighted by Gasteiger charge is 2.20. The van der Waals surface area contributed by atoms with Crippen molar-refractivity contribution in [2.24, 2.45) is 5.92 Å². The summed E-state index contributed by atoms with van der Waals surface area (Å²) in [5, 5.41) is 3.54. The minimum Gasteiger partial charge on any atom is -0.356 e. The Labute approximate surface area is 116 Å². The smallest absolute Gasteiger partial charge is 0.132 e. The van der Waals surface area contributed by atoms with Gasteiger partial charge in [-0.05, 0) is 31.7 Å². The van der Waals surface area contributed by atoms with Crippen molar-refractivity contribution in [3.8, 4) is 0 Å². The summed E-state index contributed by atoms with van der Waals surface area (Å²) in [6, 6.07) is 2.72. The Morgan fingerprint density at radius 3 is 2.68 bits per heavy atom. The van der Waals surface area contributed by atoms with Crippen molar-refractivity contribution < 1.29 is 0 Å². The molecule has 1 aliphatic rings. The standard InChI is InChI=1S/C15H26N4/c1-4-14-9-15(18-11-17-14)19-7-5-13(6-8-19)10-16-12(2)3/h9,11-13,16H,4-8,10H2,1-3H3. The van der Waals surface area contributed by atoms with E-state index in [1.54, 1.807) is 6.33 Å². The van der Waals surface area contributed by atoms with Gasteiger partial charge in [-0.25, -0.2) is 9.97 Å². The first-order valence-corrected chi connectivity index (χ1v) is 7.48. The number of rotatable bonds is 5. The average Bonchev–Trinajstić information content (AvgIpc) is 2.45. The molecule has 1 N–H and O–H groups in total. The van der Waals surface area contributed by atoms with Crippen LogP contribution in [0.5, 0.6) is 0 Å². The number of nitrogens with one attached hydrogen (secondary N) is 1. The zero-order chi connectivity index (χ0) is 13.7. The number of aryl methyl sites for hydroxylation is 1. The number of piperidine rings is 1. The molecule has 0 spiro atoms. The first-order valence-electron chi connectivity index (χ1n) is 7.48. The summed E-state index contributed by atoms with van der Waals surface area (Å²) in [6.07, 6.45) is 5.18. The summed E-state index contributed by atoms with van der Waals surface area (Å²) in [4.78, 5) is 11.1. The third kappa shape index (κ3) is 4.16. The quantitative estimate of drug-likeness (QED) is 0.883. The second kappa shape index (κ2) is 6.85. The SMILES string of the molecule is CCc1cc(N2CCC(CNC(C)C)CC2)ncn1. The van der Waals surface area contributed by atoms with Gasteiger partial charge in [-0.1, -0.05) is 20.8 Å². The summed E-state index contributed by atoms with van der Waals surface area (Å²) < 4.78 is 0. The molecular weight excluding hydrogens is 236 g/mol. The van der Waals surface area contributed by atoms with Crippen molar-refractivity contribution in [3.63, 3.8) is 0 Å². The van der Waals surface area contributed by atoms with E-state index in [-0.39, 0.29) is 0 Å². The highest BCUT2D eigenvalue weighted by molar-refractivity contribution is 5.39. The highest BCUT2D eigenvalue weighted by Crippen LogP contribution is 2.21. The third-order valence-corrected chi connectivity index (χ3v) is 3.82. The lowest BCUT2D eigenvalue weighted by Gasteiger charge is -2.33. The molecule has 1 aliphatic heterocycles. The van der Waals surface area contributed by atoms with E-state index >= 15 is 0 Å². The maximum Gasteiger partial charge on any atom is 0.132 e. The van der Waals surface area contributed by atoms with E-state index in [1.807, 2.05) is 0 Å². The topological polar surface area (TPSA) is 41.0 Å². The van der Waals surface area contributed by atoms with Crippen molar-refractivity contribution >= 4 is 5.82 Å². The first-order chi connectivity index (χ1) is 9.19. The summed E-state index contributed by atoms with van der Waals surface area (Å²) in [6.45, 7) is 9.94. The Morgan fingerprint density at radius 2 is 2.05 bits per heavy atom. The second-order valence-electron chi connectivity index (χ2n) is 5.71. The molecule has 4 nitrogen and oxygen atoms in total. The largest absolute Gasteiger partial charge is 0.356 e. The molecule has 106 valence electrons. The Balaban J connectivity index is 1.85. The molecule has 0 unspecified atom stereocenters. The van der Waals surface area contributed by atoms with Crippen LogP contribution in [0.15, 0.2) is 12.4 Å². The lowest BCUT2D eigenvalue weighted by atomic mass is 9.96. The lowest BCUT2D eigenvalue weighted by molar-refractivity contribution is 0.369. The molecule has 0 aromatic carbocycles. The third-order valence-electron chi connectivity index (χ3n) is 3.82. The molecule has 2 rings (SSSR count). The van der Waals surface area contributed by atoms with Crippen LogP contribution in [0.2, 0.25) is 0 Å². The molecule has 19 heavy (non-hydrogen) atoms. The van der Waals surface area contributed by atoms with Gasteiger partial charge in [-0.2, -0.15) is 0 Å². The maximum absolute atomic E-state index is 4.41. The lowest BCUT2D eigenvalue weighted by Crippen LogP contribution is -2.39. The Bertz CT molecular complexity index is 383. The van der Waals surface area contributed by atoms with Crippen LogP contribution in [0.1, 0.15) is 39.3 Å². The fraction of sp³-hybridized carbons (Fsp3) is 0.733. The number of hydrogen-bond donors (Lipinski definition) is 1. The number of aromatic nitrogens is 2. The Morgan fingerprint density at radius 1 is 1.32 bits per heavy atom. The molecule has 1 fully saturated rings. The summed E-state index contributed by atoms with van der Waals surface area (Å²) in [5.41, 5.74) is 1.13. The number of hydrogen-bond acceptors (Lipinski definition) is 4. The van der Waals surface area contributed by atoms with Gasteiger partial charge in [0.15, 0.2) is 0 Å². The van der Waals surface area contributed by atoms with Gasteiger partial charge in [0.05, 0.1) is 0 Å². The van der Waals surface area contributed by atoms with Crippen molar-refractivity contribution in [1.82, 2.24) is 15.3 Å². The van der Waals surface area contributed by atoms with Crippen LogP contribution in [-0.2, 0) is 6.42 Å². The predicted molar refractivity (Wildman–Crippen MR) is 79.5 cm³/mol. The molecule has 4 heteroatoms. The van der Waals surface area contributed by atoms with Gasteiger partial charge in [0.1, 0.15) is 12.1 Å². The minimum absolute atomic E-state index is 0.590. The van der Waals surface area contributed by atoms with Gasteiger partial charge in [-0.3, -0.25) is 0 Å². The summed E-state index contributed by atoms with van der Waals surface area (Å²) in [7, 11) is 0. The Hall–Kier alpha value is -1.16. The van der Waals surface area contributed by atoms with Crippen LogP contribution in [0.25, 0.3) is 0 Å². The van der Waals surface area contributed by atoms with Crippen LogP contribution < -0.4 is 10.2 Å². The fourth-order valence-electron chi connectivity index (χ4n) is 2.52. The van der Waals surface area contributed by atoms with Crippen LogP contribution in [0.4, 0.5) is 5.82 Å². The molecule has 0 amide bonds. The van der Waals surface area contributed by atoms with Crippen molar-refractivity contribution in [3.05, 3.63) is 18.1 Å². The second-order valence-corrected chi connectivity index (χ2v) is 5.71. The maximum atomic E-state index is 4.41. The molecule has 1 saturated heterocycles. The predicted octanol–water partition coefficient (Wildman–Crippen LogP) is 2.25. The molecule has 2 heterocycles. The van der Waals surface area contributed by atoms with Gasteiger partial charge in [0.25, 0.3) is 0 Å². The molecule has 0 bridgehead atoms. The first kappa shape index (κ1) is 14.3. The van der Waals surface area contributed by atoms with Crippen molar-refractivity contribution in [1.29, 1.82) is 0 Å². The zero-order valence-corrected chi connectivity index (χ0v) is 12.4. The summed E-state index contributed by atoms with van der Waals surface area (Å²) in [5.74, 6) is 1.91. The zero-order valence-electron chi connectivity index (χ0n) is 12.4. The molecule has 0 atom stereocenters. The van der Waals surface area contributed by atoms with Crippen LogP contribution >= 0.6 is 0 Å². The fourth-order valence-corrected chi connectivity index (χ4v) is 2.52. The van der Waals surface area contributed by atoms with Crippen LogP contribution in [0, 0.1) is 5.92 Å². The van der Waals surface area contributed by atoms with E-state index in [9.17, 15) is 0 Å². The van der Waals surface area contributed by atoms with E-state index in [1.165, 1.54) is 12.8 Å². The average molecular weight is 262 g/mol. The van der Waals surface area contributed by atoms with Gasteiger partial charge in [0, 0.05) is 30.9 Å². The van der Waals surface area contributed by atoms with Gasteiger partial charge in [0.2, 0.25) is 0 Å². The molecule has 0 aliphatic carbocycles. The van der Waals surface area contributed by atoms with E-state index in [0.29, 0.717) is 6.04 Å². The highest BCUT2D eigenvalue weighted by atomic mass is 15.2. The van der Waals surface area contributed by atoms with Gasteiger partial charge in [-0.15, -0.1) is 0 Å². The number of anilines is 1. The van der Waals surface area contributed by atoms with E-state index in [0.717, 1.165) is 43.5 Å². The molecule has 1 aromatic rings. The minimum atomic E-state index is 0.590. The Kier molecular flexibility index (Phi) is 5.14. The molecular formula is C15H26N4. The molecule has 0 saturated carbocycles. The van der Waals surface area contributed by atoms with E-state index in [4.69, 9.17) is 0 Å².